The number of rotatable bonds is 6. The van der Waals surface area contributed by atoms with Crippen LogP contribution in [0.3, 0.4) is 0 Å². The molecule has 0 aliphatic rings. The largest absolute Gasteiger partial charge is 0.506 e. The van der Waals surface area contributed by atoms with Crippen molar-refractivity contribution < 1.29 is 14.3 Å². The van der Waals surface area contributed by atoms with Gasteiger partial charge in [0.15, 0.2) is 0 Å². The average Bonchev–Trinajstić information content (AvgIpc) is 2.65. The lowest BCUT2D eigenvalue weighted by molar-refractivity contribution is 0.414. The molecule has 1 heterocycles. The topological polar surface area (TPSA) is 59.7 Å². The summed E-state index contributed by atoms with van der Waals surface area (Å²) in [6.07, 6.45) is 0.772. The molecular formula is C20H18O4S. The maximum absolute atomic E-state index is 12.2. The summed E-state index contributed by atoms with van der Waals surface area (Å²) in [4.78, 5) is 12.4. The van der Waals surface area contributed by atoms with E-state index in [0.717, 1.165) is 23.3 Å². The van der Waals surface area contributed by atoms with Gasteiger partial charge in [0.1, 0.15) is 22.2 Å². The fraction of sp³-hybridized carbons (Fsp3) is 0.150. The average molecular weight is 354 g/mol. The minimum Gasteiger partial charge on any atom is -0.506 e. The molecule has 1 aromatic heterocycles. The van der Waals surface area contributed by atoms with Gasteiger partial charge in [-0.2, -0.15) is 0 Å². The van der Waals surface area contributed by atoms with Gasteiger partial charge >= 0.3 is 5.63 Å². The first kappa shape index (κ1) is 17.2. The van der Waals surface area contributed by atoms with E-state index in [4.69, 9.17) is 9.15 Å². The van der Waals surface area contributed by atoms with Crippen molar-refractivity contribution >= 4 is 11.8 Å². The van der Waals surface area contributed by atoms with Crippen LogP contribution in [0.15, 0.2) is 74.8 Å². The van der Waals surface area contributed by atoms with Crippen molar-refractivity contribution in [3.63, 3.8) is 0 Å². The molecule has 0 spiro atoms. The van der Waals surface area contributed by atoms with E-state index >= 15 is 0 Å². The van der Waals surface area contributed by atoms with E-state index in [1.54, 1.807) is 7.11 Å². The van der Waals surface area contributed by atoms with Gasteiger partial charge in [0.2, 0.25) is 0 Å². The zero-order valence-electron chi connectivity index (χ0n) is 13.8. The molecule has 5 heteroatoms. The van der Waals surface area contributed by atoms with Crippen LogP contribution in [0, 0.1) is 0 Å². The highest BCUT2D eigenvalue weighted by atomic mass is 32.2. The van der Waals surface area contributed by atoms with Gasteiger partial charge in [0.25, 0.3) is 0 Å². The number of aromatic hydroxyl groups is 1. The van der Waals surface area contributed by atoms with Gasteiger partial charge in [0, 0.05) is 17.4 Å². The van der Waals surface area contributed by atoms with E-state index in [2.05, 4.69) is 0 Å². The van der Waals surface area contributed by atoms with Crippen LogP contribution in [0.4, 0.5) is 0 Å². The molecule has 25 heavy (non-hydrogen) atoms. The molecule has 0 aliphatic heterocycles. The first-order valence-corrected chi connectivity index (χ1v) is 8.84. The number of benzene rings is 2. The first-order chi connectivity index (χ1) is 12.2. The molecule has 4 nitrogen and oxygen atoms in total. The molecule has 1 N–H and O–H groups in total. The summed E-state index contributed by atoms with van der Waals surface area (Å²) in [6.45, 7) is 0. The molecule has 0 bridgehead atoms. The van der Waals surface area contributed by atoms with Crippen LogP contribution in [-0.2, 0) is 6.42 Å². The molecule has 3 aromatic rings. The summed E-state index contributed by atoms with van der Waals surface area (Å²) >= 11 is 1.29. The van der Waals surface area contributed by atoms with E-state index in [1.807, 2.05) is 54.6 Å². The second kappa shape index (κ2) is 7.94. The third-order valence-electron chi connectivity index (χ3n) is 3.74. The summed E-state index contributed by atoms with van der Waals surface area (Å²) in [5.74, 6) is 1.79. The number of hydrogen-bond acceptors (Lipinski definition) is 5. The van der Waals surface area contributed by atoms with Gasteiger partial charge in [-0.15, -0.1) is 11.8 Å². The van der Waals surface area contributed by atoms with Crippen LogP contribution in [0.2, 0.25) is 0 Å². The van der Waals surface area contributed by atoms with Crippen molar-refractivity contribution in [2.75, 3.05) is 12.9 Å². The van der Waals surface area contributed by atoms with Crippen LogP contribution >= 0.6 is 11.8 Å². The Bertz CT molecular complexity index is 886. The Kier molecular flexibility index (Phi) is 5.46. The monoisotopic (exact) mass is 354 g/mol. The summed E-state index contributed by atoms with van der Waals surface area (Å²) in [5, 5.41) is 10.2. The molecule has 0 amide bonds. The van der Waals surface area contributed by atoms with Crippen LogP contribution in [0.5, 0.6) is 11.5 Å². The van der Waals surface area contributed by atoms with Crippen LogP contribution in [0.25, 0.3) is 11.3 Å². The lowest BCUT2D eigenvalue weighted by Gasteiger charge is -2.06. The van der Waals surface area contributed by atoms with E-state index in [1.165, 1.54) is 17.8 Å². The van der Waals surface area contributed by atoms with Crippen LogP contribution in [-0.4, -0.2) is 18.0 Å². The second-order valence-corrected chi connectivity index (χ2v) is 6.53. The van der Waals surface area contributed by atoms with Crippen molar-refractivity contribution in [2.24, 2.45) is 0 Å². The standard InChI is InChI=1S/C20H18O4S/c1-23-16-9-7-14(8-10-16)11-12-25-19-17(21)13-18(24-20(19)22)15-5-3-2-4-6-15/h2-10,13,21H,11-12H2,1H3. The van der Waals surface area contributed by atoms with Crippen LogP contribution in [0.1, 0.15) is 5.56 Å². The Morgan fingerprint density at radius 3 is 2.44 bits per heavy atom. The maximum Gasteiger partial charge on any atom is 0.353 e. The molecule has 0 radical (unpaired) electrons. The Balaban J connectivity index is 1.69. The smallest absolute Gasteiger partial charge is 0.353 e. The SMILES string of the molecule is COc1ccc(CCSc2c(O)cc(-c3ccccc3)oc2=O)cc1. The first-order valence-electron chi connectivity index (χ1n) is 7.85. The van der Waals surface area contributed by atoms with Gasteiger partial charge in [0.05, 0.1) is 7.11 Å². The van der Waals surface area contributed by atoms with Gasteiger partial charge in [-0.05, 0) is 24.1 Å². The minimum absolute atomic E-state index is 0.0465. The molecule has 0 atom stereocenters. The Morgan fingerprint density at radius 1 is 1.08 bits per heavy atom. The molecule has 3 rings (SSSR count). The van der Waals surface area contributed by atoms with E-state index in [0.29, 0.717) is 11.5 Å². The number of methoxy groups -OCH3 is 1. The van der Waals surface area contributed by atoms with Crippen molar-refractivity contribution in [3.8, 4) is 22.8 Å². The van der Waals surface area contributed by atoms with Gasteiger partial charge < -0.3 is 14.3 Å². The third kappa shape index (κ3) is 4.25. The quantitative estimate of drug-likeness (QED) is 0.667. The predicted molar refractivity (Wildman–Crippen MR) is 99.5 cm³/mol. The summed E-state index contributed by atoms with van der Waals surface area (Å²) in [5.41, 5.74) is 1.38. The zero-order chi connectivity index (χ0) is 17.6. The van der Waals surface area contributed by atoms with Crippen molar-refractivity contribution in [1.29, 1.82) is 0 Å². The van der Waals surface area contributed by atoms with E-state index < -0.39 is 5.63 Å². The van der Waals surface area contributed by atoms with Gasteiger partial charge in [-0.3, -0.25) is 0 Å². The van der Waals surface area contributed by atoms with E-state index in [-0.39, 0.29) is 10.6 Å². The fourth-order valence-electron chi connectivity index (χ4n) is 2.41. The zero-order valence-corrected chi connectivity index (χ0v) is 14.6. The second-order valence-electron chi connectivity index (χ2n) is 5.43. The normalized spacial score (nSPS) is 10.6. The molecule has 2 aromatic carbocycles. The molecule has 0 saturated heterocycles. The summed E-state index contributed by atoms with van der Waals surface area (Å²) in [6, 6.07) is 18.5. The molecule has 0 saturated carbocycles. The lowest BCUT2D eigenvalue weighted by Crippen LogP contribution is -2.04. The third-order valence-corrected chi connectivity index (χ3v) is 4.82. The Morgan fingerprint density at radius 2 is 1.80 bits per heavy atom. The molecule has 0 unspecified atom stereocenters. The Hall–Kier alpha value is -2.66. The minimum atomic E-state index is -0.515. The fourth-order valence-corrected chi connectivity index (χ4v) is 3.32. The van der Waals surface area contributed by atoms with Gasteiger partial charge in [-0.25, -0.2) is 4.79 Å². The van der Waals surface area contributed by atoms with Crippen molar-refractivity contribution in [1.82, 2.24) is 0 Å². The summed E-state index contributed by atoms with van der Waals surface area (Å²) in [7, 11) is 1.63. The lowest BCUT2D eigenvalue weighted by atomic mass is 10.1. The maximum atomic E-state index is 12.2. The molecule has 128 valence electrons. The summed E-state index contributed by atoms with van der Waals surface area (Å²) < 4.78 is 10.5. The highest BCUT2D eigenvalue weighted by Gasteiger charge is 2.13. The molecule has 0 fully saturated rings. The van der Waals surface area contributed by atoms with Gasteiger partial charge in [-0.1, -0.05) is 42.5 Å². The number of hydrogen-bond donors (Lipinski definition) is 1. The molecule has 0 aliphatic carbocycles. The van der Waals surface area contributed by atoms with Crippen LogP contribution < -0.4 is 10.4 Å². The number of ether oxygens (including phenoxy) is 1. The van der Waals surface area contributed by atoms with E-state index in [9.17, 15) is 9.90 Å². The number of aryl methyl sites for hydroxylation is 1. The Labute approximate surface area is 150 Å². The van der Waals surface area contributed by atoms with Crippen molar-refractivity contribution in [2.45, 2.75) is 11.3 Å². The van der Waals surface area contributed by atoms with Crippen molar-refractivity contribution in [3.05, 3.63) is 76.6 Å². The highest BCUT2D eigenvalue weighted by molar-refractivity contribution is 7.99. The number of thioether (sulfide) groups is 1. The molecular weight excluding hydrogens is 336 g/mol. The highest BCUT2D eigenvalue weighted by Crippen LogP contribution is 2.30. The predicted octanol–water partition coefficient (Wildman–Crippen LogP) is 4.36.